The van der Waals surface area contributed by atoms with Crippen LogP contribution in [0.3, 0.4) is 0 Å². The Bertz CT molecular complexity index is 1160. The number of benzene rings is 2. The Hall–Kier alpha value is -3.31. The summed E-state index contributed by atoms with van der Waals surface area (Å²) in [5.41, 5.74) is 13.5. The first-order valence-corrected chi connectivity index (χ1v) is 10.7. The molecule has 0 radical (unpaired) electrons. The van der Waals surface area contributed by atoms with Crippen LogP contribution in [-0.4, -0.2) is 18.8 Å². The van der Waals surface area contributed by atoms with Crippen LogP contribution in [-0.2, 0) is 6.42 Å². The predicted octanol–water partition coefficient (Wildman–Crippen LogP) is 6.11. The van der Waals surface area contributed by atoms with Crippen molar-refractivity contribution in [3.8, 4) is 12.3 Å². The van der Waals surface area contributed by atoms with E-state index in [1.807, 2.05) is 12.1 Å². The molecule has 0 amide bonds. The average molecular weight is 393 g/mol. The Morgan fingerprint density at radius 3 is 2.50 bits per heavy atom. The van der Waals surface area contributed by atoms with E-state index in [1.54, 1.807) is 0 Å². The number of terminal acetylenes is 1. The van der Waals surface area contributed by atoms with Crippen LogP contribution in [0.25, 0.3) is 5.57 Å². The largest absolute Gasteiger partial charge is 0.385 e. The SMILES string of the molecule is C#Cc1ccc(C2=C3C=C(C)/C(=N\CC)C=C3Cc3cc(NCC)c(C)cc32)cc1. The number of hydrogen-bond acceptors (Lipinski definition) is 2. The lowest BCUT2D eigenvalue weighted by Crippen LogP contribution is -2.15. The van der Waals surface area contributed by atoms with Crippen molar-refractivity contribution >= 4 is 17.0 Å². The van der Waals surface area contributed by atoms with Gasteiger partial charge in [-0.3, -0.25) is 4.99 Å². The molecule has 0 fully saturated rings. The normalized spacial score (nSPS) is 16.4. The van der Waals surface area contributed by atoms with Gasteiger partial charge < -0.3 is 5.32 Å². The van der Waals surface area contributed by atoms with Crippen molar-refractivity contribution in [2.45, 2.75) is 34.1 Å². The highest BCUT2D eigenvalue weighted by molar-refractivity contribution is 6.12. The highest BCUT2D eigenvalue weighted by atomic mass is 14.9. The van der Waals surface area contributed by atoms with Gasteiger partial charge in [0.1, 0.15) is 0 Å². The van der Waals surface area contributed by atoms with E-state index < -0.39 is 0 Å². The summed E-state index contributed by atoms with van der Waals surface area (Å²) in [5.74, 6) is 2.73. The van der Waals surface area contributed by atoms with Gasteiger partial charge in [0.2, 0.25) is 0 Å². The number of hydrogen-bond donors (Lipinski definition) is 1. The van der Waals surface area contributed by atoms with Gasteiger partial charge in [-0.2, -0.15) is 0 Å². The molecule has 0 atom stereocenters. The molecule has 0 bridgehead atoms. The molecule has 2 heteroatoms. The van der Waals surface area contributed by atoms with E-state index in [4.69, 9.17) is 11.4 Å². The van der Waals surface area contributed by atoms with Crippen molar-refractivity contribution in [2.75, 3.05) is 18.4 Å². The second-order valence-corrected chi connectivity index (χ2v) is 7.90. The molecule has 1 N–H and O–H groups in total. The lowest BCUT2D eigenvalue weighted by Gasteiger charge is -2.29. The molecule has 150 valence electrons. The third-order valence-corrected chi connectivity index (χ3v) is 5.83. The summed E-state index contributed by atoms with van der Waals surface area (Å²) in [7, 11) is 0. The topological polar surface area (TPSA) is 24.4 Å². The fraction of sp³-hybridized carbons (Fsp3) is 0.250. The Balaban J connectivity index is 1.98. The monoisotopic (exact) mass is 392 g/mol. The molecule has 0 unspecified atom stereocenters. The van der Waals surface area contributed by atoms with Gasteiger partial charge >= 0.3 is 0 Å². The molecule has 2 aromatic carbocycles. The van der Waals surface area contributed by atoms with Gasteiger partial charge in [-0.25, -0.2) is 0 Å². The van der Waals surface area contributed by atoms with Crippen molar-refractivity contribution in [1.82, 2.24) is 0 Å². The minimum atomic E-state index is 0.796. The molecule has 4 rings (SSSR count). The molecule has 2 aromatic rings. The fourth-order valence-corrected chi connectivity index (χ4v) is 4.37. The first-order chi connectivity index (χ1) is 14.5. The number of nitrogens with zero attached hydrogens (tertiary/aromatic N) is 1. The van der Waals surface area contributed by atoms with Crippen LogP contribution in [0.4, 0.5) is 5.69 Å². The Morgan fingerprint density at radius 1 is 1.07 bits per heavy atom. The van der Waals surface area contributed by atoms with Crippen molar-refractivity contribution in [3.63, 3.8) is 0 Å². The lowest BCUT2D eigenvalue weighted by atomic mass is 9.75. The van der Waals surface area contributed by atoms with E-state index in [2.05, 4.69) is 75.3 Å². The highest BCUT2D eigenvalue weighted by Gasteiger charge is 2.26. The maximum atomic E-state index is 5.59. The Kier molecular flexibility index (Phi) is 5.46. The van der Waals surface area contributed by atoms with E-state index in [-0.39, 0.29) is 0 Å². The van der Waals surface area contributed by atoms with E-state index in [1.165, 1.54) is 50.2 Å². The van der Waals surface area contributed by atoms with Gasteiger partial charge in [0.15, 0.2) is 0 Å². The van der Waals surface area contributed by atoms with Crippen molar-refractivity contribution in [3.05, 3.63) is 93.1 Å². The standard InChI is InChI=1S/C28H28N2/c1-6-20-9-11-21(12-10-20)28-24-13-18(4)26(29-7-2)16-22(24)15-23-17-27(30-8-3)19(5)14-25(23)28/h1,9-14,16-17,29H,7-8,15H2,2-5H3/b30-27-. The molecule has 0 heterocycles. The third kappa shape index (κ3) is 3.53. The molecule has 2 nitrogen and oxygen atoms in total. The molecule has 2 aliphatic carbocycles. The van der Waals surface area contributed by atoms with E-state index in [0.717, 1.165) is 30.8 Å². The van der Waals surface area contributed by atoms with Crippen LogP contribution in [0.15, 0.2) is 70.3 Å². The van der Waals surface area contributed by atoms with Gasteiger partial charge in [-0.15, -0.1) is 6.42 Å². The maximum Gasteiger partial charge on any atom is 0.0606 e. The highest BCUT2D eigenvalue weighted by Crippen LogP contribution is 2.43. The Morgan fingerprint density at radius 2 is 1.83 bits per heavy atom. The van der Waals surface area contributed by atoms with Gasteiger partial charge in [0.05, 0.1) is 5.71 Å². The molecule has 2 aliphatic rings. The smallest absolute Gasteiger partial charge is 0.0606 e. The first-order valence-electron chi connectivity index (χ1n) is 10.7. The molecule has 0 aliphatic heterocycles. The number of aliphatic imine (C=N–C) groups is 1. The zero-order chi connectivity index (χ0) is 21.3. The molecule has 0 aromatic heterocycles. The summed E-state index contributed by atoms with van der Waals surface area (Å²) >= 11 is 0. The van der Waals surface area contributed by atoms with E-state index in [9.17, 15) is 0 Å². The van der Waals surface area contributed by atoms with Crippen LogP contribution >= 0.6 is 0 Å². The summed E-state index contributed by atoms with van der Waals surface area (Å²) in [5, 5.41) is 3.51. The molecule has 0 saturated carbocycles. The molecule has 0 spiro atoms. The van der Waals surface area contributed by atoms with Gasteiger partial charge in [-0.05, 0) is 115 Å². The quantitative estimate of drug-likeness (QED) is 0.624. The zero-order valence-electron chi connectivity index (χ0n) is 18.3. The second kappa shape index (κ2) is 8.20. The molecule has 30 heavy (non-hydrogen) atoms. The third-order valence-electron chi connectivity index (χ3n) is 5.83. The number of rotatable bonds is 4. The van der Waals surface area contributed by atoms with Crippen LogP contribution in [0, 0.1) is 19.3 Å². The summed E-state index contributed by atoms with van der Waals surface area (Å²) in [6, 6.07) is 13.0. The van der Waals surface area contributed by atoms with E-state index >= 15 is 0 Å². The van der Waals surface area contributed by atoms with Crippen molar-refractivity contribution in [1.29, 1.82) is 0 Å². The van der Waals surface area contributed by atoms with Crippen LogP contribution in [0.5, 0.6) is 0 Å². The summed E-state index contributed by atoms with van der Waals surface area (Å²) in [4.78, 5) is 4.71. The summed E-state index contributed by atoms with van der Waals surface area (Å²) in [6.45, 7) is 10.3. The average Bonchev–Trinajstić information content (AvgIpc) is 2.74. The number of nitrogens with one attached hydrogen (secondary N) is 1. The minimum absolute atomic E-state index is 0.796. The van der Waals surface area contributed by atoms with Crippen LogP contribution in [0.1, 0.15) is 48.6 Å². The van der Waals surface area contributed by atoms with Crippen molar-refractivity contribution < 1.29 is 0 Å². The zero-order valence-corrected chi connectivity index (χ0v) is 18.3. The number of aryl methyl sites for hydroxylation is 1. The molecular weight excluding hydrogens is 364 g/mol. The van der Waals surface area contributed by atoms with E-state index in [0.29, 0.717) is 0 Å². The van der Waals surface area contributed by atoms with Crippen LogP contribution in [0.2, 0.25) is 0 Å². The summed E-state index contributed by atoms with van der Waals surface area (Å²) < 4.78 is 0. The Labute approximate surface area is 180 Å². The first kappa shape index (κ1) is 20.0. The number of allylic oxidation sites excluding steroid dienone is 5. The fourth-order valence-electron chi connectivity index (χ4n) is 4.37. The minimum Gasteiger partial charge on any atom is -0.385 e. The van der Waals surface area contributed by atoms with Crippen molar-refractivity contribution in [2.24, 2.45) is 4.99 Å². The van der Waals surface area contributed by atoms with Gasteiger partial charge in [0, 0.05) is 24.3 Å². The number of anilines is 1. The molecular formula is C28H28N2. The molecule has 0 saturated heterocycles. The van der Waals surface area contributed by atoms with Gasteiger partial charge in [0.25, 0.3) is 0 Å². The summed E-state index contributed by atoms with van der Waals surface area (Å²) in [6.07, 6.45) is 11.1. The van der Waals surface area contributed by atoms with Gasteiger partial charge in [-0.1, -0.05) is 18.1 Å². The predicted molar refractivity (Wildman–Crippen MR) is 129 cm³/mol. The van der Waals surface area contributed by atoms with Crippen LogP contribution < -0.4 is 5.32 Å². The maximum absolute atomic E-state index is 5.59. The lowest BCUT2D eigenvalue weighted by molar-refractivity contribution is 1.09. The second-order valence-electron chi connectivity index (χ2n) is 7.90. The number of fused-ring (bicyclic) bond motifs is 2.